The number of aryl methyl sites for hydroxylation is 1. The summed E-state index contributed by atoms with van der Waals surface area (Å²) >= 11 is 0. The van der Waals surface area contributed by atoms with Gasteiger partial charge in [0.1, 0.15) is 22.5 Å². The number of hydrogen-bond donors (Lipinski definition) is 0. The summed E-state index contributed by atoms with van der Waals surface area (Å²) in [5, 5.41) is 1.25. The van der Waals surface area contributed by atoms with Crippen LogP contribution in [0.2, 0.25) is 0 Å². The molecule has 0 bridgehead atoms. The third kappa shape index (κ3) is 3.64. The van der Waals surface area contributed by atoms with E-state index in [0.29, 0.717) is 10.8 Å². The van der Waals surface area contributed by atoms with Crippen LogP contribution in [0.25, 0.3) is 10.8 Å². The second-order valence-corrected chi connectivity index (χ2v) is 6.89. The molecular weight excluding hydrogens is 304 g/mol. The second kappa shape index (κ2) is 6.06. The van der Waals surface area contributed by atoms with Crippen LogP contribution in [0.5, 0.6) is 5.75 Å². The Bertz CT molecular complexity index is 822. The highest BCUT2D eigenvalue weighted by Crippen LogP contribution is 2.30. The summed E-state index contributed by atoms with van der Waals surface area (Å²) in [5.41, 5.74) is 0.928. The van der Waals surface area contributed by atoms with Crippen molar-refractivity contribution in [2.75, 3.05) is 6.61 Å². The van der Waals surface area contributed by atoms with Crippen LogP contribution >= 0.6 is 0 Å². The van der Waals surface area contributed by atoms with Crippen LogP contribution in [0.15, 0.2) is 35.2 Å². The summed E-state index contributed by atoms with van der Waals surface area (Å²) in [6.45, 7) is 5.21. The number of fused-ring (bicyclic) bond motifs is 1. The van der Waals surface area contributed by atoms with E-state index in [4.69, 9.17) is 4.74 Å². The van der Waals surface area contributed by atoms with E-state index in [0.717, 1.165) is 5.56 Å². The first-order valence-electron chi connectivity index (χ1n) is 6.84. The zero-order chi connectivity index (χ0) is 16.5. The second-order valence-electron chi connectivity index (χ2n) is 5.51. The average molecular weight is 321 g/mol. The van der Waals surface area contributed by atoms with Crippen LogP contribution in [0.1, 0.15) is 19.4 Å². The highest BCUT2D eigenvalue weighted by atomic mass is 32.2. The Kier molecular flexibility index (Phi) is 4.53. The molecule has 0 fully saturated rings. The van der Waals surface area contributed by atoms with Gasteiger partial charge < -0.3 is 9.29 Å². The van der Waals surface area contributed by atoms with Gasteiger partial charge in [-0.25, -0.2) is 8.42 Å². The molecular formula is C16H17O5S-. The van der Waals surface area contributed by atoms with Crippen molar-refractivity contribution >= 4 is 26.7 Å². The highest BCUT2D eigenvalue weighted by molar-refractivity contribution is 7.85. The fraction of sp³-hybridized carbons (Fsp3) is 0.312. The van der Waals surface area contributed by atoms with Gasteiger partial charge >= 0.3 is 0 Å². The molecule has 0 aliphatic carbocycles. The summed E-state index contributed by atoms with van der Waals surface area (Å²) in [4.78, 5) is 11.3. The van der Waals surface area contributed by atoms with Crippen molar-refractivity contribution in [3.05, 3.63) is 35.9 Å². The van der Waals surface area contributed by atoms with Gasteiger partial charge in [0, 0.05) is 11.3 Å². The van der Waals surface area contributed by atoms with E-state index < -0.39 is 10.1 Å². The van der Waals surface area contributed by atoms with Crippen LogP contribution in [0, 0.1) is 12.8 Å². The molecule has 2 aromatic rings. The van der Waals surface area contributed by atoms with Crippen molar-refractivity contribution in [1.82, 2.24) is 0 Å². The van der Waals surface area contributed by atoms with Gasteiger partial charge in [-0.3, -0.25) is 4.79 Å². The molecule has 6 heteroatoms. The van der Waals surface area contributed by atoms with Crippen molar-refractivity contribution in [2.24, 2.45) is 5.92 Å². The number of hydrogen-bond acceptors (Lipinski definition) is 5. The fourth-order valence-electron chi connectivity index (χ4n) is 2.01. The first-order chi connectivity index (χ1) is 10.2. The van der Waals surface area contributed by atoms with E-state index in [1.165, 1.54) is 12.1 Å². The van der Waals surface area contributed by atoms with Crippen LogP contribution in [-0.4, -0.2) is 25.4 Å². The SMILES string of the molecule is Cc1ccc2c(OCC(=O)C(C)C)cc(S(=O)(=O)[O-])cc2c1. The smallest absolute Gasteiger partial charge is 0.172 e. The van der Waals surface area contributed by atoms with E-state index in [1.807, 2.05) is 13.0 Å². The molecule has 118 valence electrons. The Morgan fingerprint density at radius 2 is 1.91 bits per heavy atom. The van der Waals surface area contributed by atoms with Gasteiger partial charge in [0.05, 0.1) is 4.90 Å². The number of carbonyl (C=O) groups is 1. The van der Waals surface area contributed by atoms with Gasteiger partial charge in [-0.05, 0) is 24.4 Å². The van der Waals surface area contributed by atoms with Crippen molar-refractivity contribution < 1.29 is 22.5 Å². The molecule has 0 spiro atoms. The van der Waals surface area contributed by atoms with E-state index in [1.54, 1.807) is 26.0 Å². The third-order valence-electron chi connectivity index (χ3n) is 3.35. The Labute approximate surface area is 129 Å². The minimum Gasteiger partial charge on any atom is -0.744 e. The molecule has 0 amide bonds. The lowest BCUT2D eigenvalue weighted by molar-refractivity contribution is -0.123. The lowest BCUT2D eigenvalue weighted by atomic mass is 10.1. The molecule has 0 radical (unpaired) electrons. The molecule has 0 atom stereocenters. The standard InChI is InChI=1S/C16H18O5S/c1-10(2)15(17)9-21-16-8-13(22(18,19)20)7-12-6-11(3)4-5-14(12)16/h4-8,10H,9H2,1-3H3,(H,18,19,20)/p-1. The minimum absolute atomic E-state index is 0.101. The number of carbonyl (C=O) groups excluding carboxylic acids is 1. The Morgan fingerprint density at radius 1 is 1.23 bits per heavy atom. The molecule has 0 saturated carbocycles. The molecule has 0 heterocycles. The summed E-state index contributed by atoms with van der Waals surface area (Å²) in [5.74, 6) is -0.0588. The maximum Gasteiger partial charge on any atom is 0.172 e. The maximum absolute atomic E-state index is 11.7. The van der Waals surface area contributed by atoms with Gasteiger partial charge in [0.2, 0.25) is 0 Å². The number of ether oxygens (including phenoxy) is 1. The van der Waals surface area contributed by atoms with Crippen molar-refractivity contribution in [1.29, 1.82) is 0 Å². The van der Waals surface area contributed by atoms with E-state index in [2.05, 4.69) is 0 Å². The average Bonchev–Trinajstić information content (AvgIpc) is 2.42. The van der Waals surface area contributed by atoms with Crippen LogP contribution < -0.4 is 4.74 Å². The molecule has 0 aromatic heterocycles. The van der Waals surface area contributed by atoms with Gasteiger partial charge in [0.25, 0.3) is 0 Å². The van der Waals surface area contributed by atoms with Crippen LogP contribution in [0.3, 0.4) is 0 Å². The molecule has 0 aliphatic heterocycles. The Balaban J connectivity index is 2.53. The van der Waals surface area contributed by atoms with Crippen molar-refractivity contribution in [3.8, 4) is 5.75 Å². The summed E-state index contributed by atoms with van der Waals surface area (Å²) in [6, 6.07) is 7.89. The first-order valence-corrected chi connectivity index (χ1v) is 8.25. The molecule has 22 heavy (non-hydrogen) atoms. The van der Waals surface area contributed by atoms with Gasteiger partial charge in [-0.2, -0.15) is 0 Å². The molecule has 0 N–H and O–H groups in total. The summed E-state index contributed by atoms with van der Waals surface area (Å²) < 4.78 is 39.3. The van der Waals surface area contributed by atoms with Crippen LogP contribution in [0.4, 0.5) is 0 Å². The molecule has 0 saturated heterocycles. The zero-order valence-corrected chi connectivity index (χ0v) is 13.4. The maximum atomic E-state index is 11.7. The largest absolute Gasteiger partial charge is 0.744 e. The first kappa shape index (κ1) is 16.5. The number of Topliss-reactive ketones (excluding diaryl/α,β-unsaturated/α-hetero) is 1. The lowest BCUT2D eigenvalue weighted by Gasteiger charge is -2.14. The Hall–Kier alpha value is -1.92. The summed E-state index contributed by atoms with van der Waals surface area (Å²) in [7, 11) is -4.60. The quantitative estimate of drug-likeness (QED) is 0.791. The van der Waals surface area contributed by atoms with Crippen molar-refractivity contribution in [3.63, 3.8) is 0 Å². The predicted octanol–water partition coefficient (Wildman–Crippen LogP) is 2.66. The van der Waals surface area contributed by atoms with Gasteiger partial charge in [-0.15, -0.1) is 0 Å². The Morgan fingerprint density at radius 3 is 2.50 bits per heavy atom. The van der Waals surface area contributed by atoms with Crippen LogP contribution in [-0.2, 0) is 14.9 Å². The molecule has 0 unspecified atom stereocenters. The minimum atomic E-state index is -4.60. The van der Waals surface area contributed by atoms with Crippen molar-refractivity contribution in [2.45, 2.75) is 25.7 Å². The number of ketones is 1. The normalized spacial score (nSPS) is 11.9. The van der Waals surface area contributed by atoms with E-state index in [-0.39, 0.29) is 29.0 Å². The van der Waals surface area contributed by atoms with Gasteiger partial charge in [-0.1, -0.05) is 37.6 Å². The third-order valence-corrected chi connectivity index (χ3v) is 4.16. The van der Waals surface area contributed by atoms with Gasteiger partial charge in [0.15, 0.2) is 5.78 Å². The molecule has 5 nitrogen and oxygen atoms in total. The monoisotopic (exact) mass is 321 g/mol. The summed E-state index contributed by atoms with van der Waals surface area (Å²) in [6.07, 6.45) is 0. The number of benzene rings is 2. The molecule has 2 aromatic carbocycles. The molecule has 0 aliphatic rings. The fourth-order valence-corrected chi connectivity index (χ4v) is 2.53. The van der Waals surface area contributed by atoms with E-state index >= 15 is 0 Å². The number of rotatable bonds is 5. The predicted molar refractivity (Wildman–Crippen MR) is 82.0 cm³/mol. The van der Waals surface area contributed by atoms with E-state index in [9.17, 15) is 17.8 Å². The highest BCUT2D eigenvalue weighted by Gasteiger charge is 2.13. The lowest BCUT2D eigenvalue weighted by Crippen LogP contribution is -2.17. The topological polar surface area (TPSA) is 83.5 Å². The zero-order valence-electron chi connectivity index (χ0n) is 12.6. The molecule has 2 rings (SSSR count).